The molecule has 0 fully saturated rings. The van der Waals surface area contributed by atoms with E-state index in [-0.39, 0.29) is 5.91 Å². The number of nitrogens with one attached hydrogen (secondary N) is 2. The highest BCUT2D eigenvalue weighted by atomic mass is 79.9. The van der Waals surface area contributed by atoms with Crippen LogP contribution in [0.15, 0.2) is 39.4 Å². The van der Waals surface area contributed by atoms with Crippen molar-refractivity contribution in [1.29, 1.82) is 0 Å². The van der Waals surface area contributed by atoms with Crippen LogP contribution in [0.4, 0.5) is 11.5 Å². The van der Waals surface area contributed by atoms with Crippen LogP contribution in [0.1, 0.15) is 15.9 Å². The molecule has 0 radical (unpaired) electrons. The maximum atomic E-state index is 12.4. The van der Waals surface area contributed by atoms with E-state index in [2.05, 4.69) is 47.5 Å². The predicted molar refractivity (Wildman–Crippen MR) is 88.3 cm³/mol. The van der Waals surface area contributed by atoms with Crippen LogP contribution in [0, 0.1) is 6.92 Å². The Morgan fingerprint density at radius 2 is 2.00 bits per heavy atom. The van der Waals surface area contributed by atoms with E-state index in [0.29, 0.717) is 11.4 Å². The lowest BCUT2D eigenvalue weighted by Gasteiger charge is -2.11. The van der Waals surface area contributed by atoms with Crippen LogP contribution in [-0.2, 0) is 0 Å². The van der Waals surface area contributed by atoms with Crippen LogP contribution < -0.4 is 10.6 Å². The molecule has 0 unspecified atom stereocenters. The zero-order valence-corrected chi connectivity index (χ0v) is 14.2. The molecular formula is C14H13Br2N3O. The fraction of sp³-hybridized carbons (Fsp3) is 0.143. The maximum Gasteiger partial charge on any atom is 0.259 e. The normalized spacial score (nSPS) is 10.2. The van der Waals surface area contributed by atoms with E-state index in [1.807, 2.05) is 25.1 Å². The number of anilines is 2. The second-order valence-corrected chi connectivity index (χ2v) is 6.01. The number of rotatable bonds is 3. The average Bonchev–Trinajstić information content (AvgIpc) is 2.42. The van der Waals surface area contributed by atoms with Crippen LogP contribution in [0.5, 0.6) is 0 Å². The standard InChI is InChI=1S/C14H13Br2N3O/c1-8-3-4-11(16)12(5-8)19-14(20)10-6-9(15)7-18-13(10)17-2/h3-7H,1-2H3,(H,17,18)(H,19,20). The van der Waals surface area contributed by atoms with Crippen LogP contribution in [0.2, 0.25) is 0 Å². The fourth-order valence-electron chi connectivity index (χ4n) is 1.74. The van der Waals surface area contributed by atoms with Crippen molar-refractivity contribution in [3.05, 3.63) is 50.5 Å². The molecule has 20 heavy (non-hydrogen) atoms. The summed E-state index contributed by atoms with van der Waals surface area (Å²) < 4.78 is 1.59. The molecule has 0 atom stereocenters. The van der Waals surface area contributed by atoms with Gasteiger partial charge in [-0.15, -0.1) is 0 Å². The Kier molecular flexibility index (Phi) is 4.77. The second kappa shape index (κ2) is 6.37. The minimum absolute atomic E-state index is 0.213. The number of nitrogens with zero attached hydrogens (tertiary/aromatic N) is 1. The van der Waals surface area contributed by atoms with Gasteiger partial charge in [0, 0.05) is 22.2 Å². The van der Waals surface area contributed by atoms with Gasteiger partial charge in [-0.1, -0.05) is 6.07 Å². The summed E-state index contributed by atoms with van der Waals surface area (Å²) in [7, 11) is 1.73. The Hall–Kier alpha value is -1.40. The first kappa shape index (κ1) is 15.0. The Morgan fingerprint density at radius 1 is 1.25 bits per heavy atom. The van der Waals surface area contributed by atoms with Crippen LogP contribution in [0.25, 0.3) is 0 Å². The zero-order chi connectivity index (χ0) is 14.7. The molecule has 2 rings (SSSR count). The Morgan fingerprint density at radius 3 is 2.70 bits per heavy atom. The number of carbonyl (C=O) groups is 1. The zero-order valence-electron chi connectivity index (χ0n) is 11.0. The minimum Gasteiger partial charge on any atom is -0.372 e. The summed E-state index contributed by atoms with van der Waals surface area (Å²) in [5.41, 5.74) is 2.29. The summed E-state index contributed by atoms with van der Waals surface area (Å²) in [5, 5.41) is 5.79. The molecular weight excluding hydrogens is 386 g/mol. The lowest BCUT2D eigenvalue weighted by Crippen LogP contribution is -2.15. The summed E-state index contributed by atoms with van der Waals surface area (Å²) in [6.45, 7) is 1.97. The molecule has 4 nitrogen and oxygen atoms in total. The SMILES string of the molecule is CNc1ncc(Br)cc1C(=O)Nc1cc(C)ccc1Br. The summed E-state index contributed by atoms with van der Waals surface area (Å²) >= 11 is 6.75. The molecule has 2 N–H and O–H groups in total. The fourth-order valence-corrected chi connectivity index (χ4v) is 2.41. The van der Waals surface area contributed by atoms with Crippen LogP contribution >= 0.6 is 31.9 Å². The third kappa shape index (κ3) is 3.37. The highest BCUT2D eigenvalue weighted by Gasteiger charge is 2.14. The van der Waals surface area contributed by atoms with Gasteiger partial charge >= 0.3 is 0 Å². The third-order valence-electron chi connectivity index (χ3n) is 2.71. The molecule has 0 aliphatic carbocycles. The van der Waals surface area contributed by atoms with Crippen molar-refractivity contribution in [3.63, 3.8) is 0 Å². The number of pyridine rings is 1. The summed E-state index contributed by atoms with van der Waals surface area (Å²) in [4.78, 5) is 16.5. The molecule has 0 spiro atoms. The van der Waals surface area contributed by atoms with E-state index in [4.69, 9.17) is 0 Å². The largest absolute Gasteiger partial charge is 0.372 e. The minimum atomic E-state index is -0.213. The Labute approximate surface area is 134 Å². The van der Waals surface area contributed by atoms with Gasteiger partial charge < -0.3 is 10.6 Å². The molecule has 0 bridgehead atoms. The molecule has 0 aliphatic rings. The van der Waals surface area contributed by atoms with Gasteiger partial charge in [-0.05, 0) is 62.5 Å². The van der Waals surface area contributed by atoms with Crippen LogP contribution in [-0.4, -0.2) is 17.9 Å². The molecule has 1 heterocycles. The van der Waals surface area contributed by atoms with Gasteiger partial charge in [-0.3, -0.25) is 4.79 Å². The summed E-state index contributed by atoms with van der Waals surface area (Å²) in [6.07, 6.45) is 1.64. The van der Waals surface area contributed by atoms with Gasteiger partial charge in [0.2, 0.25) is 0 Å². The Bertz CT molecular complexity index is 659. The van der Waals surface area contributed by atoms with Gasteiger partial charge in [-0.2, -0.15) is 0 Å². The number of hydrogen-bond acceptors (Lipinski definition) is 3. The number of halogens is 2. The molecule has 0 aliphatic heterocycles. The second-order valence-electron chi connectivity index (χ2n) is 4.24. The monoisotopic (exact) mass is 397 g/mol. The first-order valence-corrected chi connectivity index (χ1v) is 7.50. The molecule has 1 aromatic carbocycles. The van der Waals surface area contributed by atoms with Gasteiger partial charge in [0.25, 0.3) is 5.91 Å². The van der Waals surface area contributed by atoms with Crippen LogP contribution in [0.3, 0.4) is 0 Å². The molecule has 1 amide bonds. The molecule has 6 heteroatoms. The van der Waals surface area contributed by atoms with Crippen molar-refractivity contribution in [2.75, 3.05) is 17.7 Å². The van der Waals surface area contributed by atoms with Crippen molar-refractivity contribution in [2.24, 2.45) is 0 Å². The van der Waals surface area contributed by atoms with E-state index in [1.54, 1.807) is 19.3 Å². The van der Waals surface area contributed by atoms with Crippen molar-refractivity contribution in [3.8, 4) is 0 Å². The predicted octanol–water partition coefficient (Wildman–Crippen LogP) is 4.21. The van der Waals surface area contributed by atoms with Crippen molar-refractivity contribution < 1.29 is 4.79 Å². The molecule has 1 aromatic heterocycles. The maximum absolute atomic E-state index is 12.4. The highest BCUT2D eigenvalue weighted by Crippen LogP contribution is 2.25. The van der Waals surface area contributed by atoms with Gasteiger partial charge in [-0.25, -0.2) is 4.98 Å². The first-order valence-electron chi connectivity index (χ1n) is 5.92. The van der Waals surface area contributed by atoms with E-state index in [9.17, 15) is 4.79 Å². The first-order chi connectivity index (χ1) is 9.51. The van der Waals surface area contributed by atoms with E-state index in [0.717, 1.165) is 20.2 Å². The quantitative estimate of drug-likeness (QED) is 0.814. The van der Waals surface area contributed by atoms with Gasteiger partial charge in [0.1, 0.15) is 5.82 Å². The third-order valence-corrected chi connectivity index (χ3v) is 3.83. The number of carbonyl (C=O) groups excluding carboxylic acids is 1. The lowest BCUT2D eigenvalue weighted by molar-refractivity contribution is 0.102. The number of benzene rings is 1. The topological polar surface area (TPSA) is 54.0 Å². The highest BCUT2D eigenvalue weighted by molar-refractivity contribution is 9.10. The number of aryl methyl sites for hydroxylation is 1. The molecule has 104 valence electrons. The van der Waals surface area contributed by atoms with Gasteiger partial charge in [0.05, 0.1) is 11.3 Å². The smallest absolute Gasteiger partial charge is 0.259 e. The summed E-state index contributed by atoms with van der Waals surface area (Å²) in [5.74, 6) is 0.323. The van der Waals surface area contributed by atoms with Gasteiger partial charge in [0.15, 0.2) is 0 Å². The Balaban J connectivity index is 2.32. The molecule has 2 aromatic rings. The summed E-state index contributed by atoms with van der Waals surface area (Å²) in [6, 6.07) is 7.52. The van der Waals surface area contributed by atoms with E-state index >= 15 is 0 Å². The number of amides is 1. The number of hydrogen-bond donors (Lipinski definition) is 2. The van der Waals surface area contributed by atoms with Crippen molar-refractivity contribution in [2.45, 2.75) is 6.92 Å². The lowest BCUT2D eigenvalue weighted by atomic mass is 10.2. The molecule has 0 saturated carbocycles. The van der Waals surface area contributed by atoms with E-state index in [1.165, 1.54) is 0 Å². The van der Waals surface area contributed by atoms with Crippen molar-refractivity contribution in [1.82, 2.24) is 4.98 Å². The molecule has 0 saturated heterocycles. The van der Waals surface area contributed by atoms with E-state index < -0.39 is 0 Å². The number of aromatic nitrogens is 1. The average molecular weight is 399 g/mol. The van der Waals surface area contributed by atoms with Crippen molar-refractivity contribution >= 4 is 49.3 Å².